The Kier molecular flexibility index (Phi) is 2.61. The first-order valence-electron chi connectivity index (χ1n) is 5.32. The van der Waals surface area contributed by atoms with E-state index in [1.807, 2.05) is 0 Å². The van der Waals surface area contributed by atoms with Crippen LogP contribution in [0.25, 0.3) is 0 Å². The Morgan fingerprint density at radius 1 is 1.47 bits per heavy atom. The van der Waals surface area contributed by atoms with Crippen LogP contribution in [0.5, 0.6) is 0 Å². The lowest BCUT2D eigenvalue weighted by molar-refractivity contribution is -0.138. The zero-order valence-electron chi connectivity index (χ0n) is 8.77. The summed E-state index contributed by atoms with van der Waals surface area (Å²) >= 11 is 0. The van der Waals surface area contributed by atoms with Gasteiger partial charge in [0.15, 0.2) is 0 Å². The van der Waals surface area contributed by atoms with Gasteiger partial charge in [-0.05, 0) is 19.8 Å². The number of aliphatic hydroxyl groups is 1. The molecule has 2 atom stereocenters. The summed E-state index contributed by atoms with van der Waals surface area (Å²) in [5.41, 5.74) is 0.493. The van der Waals surface area contributed by atoms with Gasteiger partial charge in [-0.1, -0.05) is 6.42 Å². The van der Waals surface area contributed by atoms with Crippen LogP contribution in [0.1, 0.15) is 26.2 Å². The molecule has 82 valence electrons. The van der Waals surface area contributed by atoms with E-state index in [2.05, 4.69) is 0 Å². The van der Waals surface area contributed by atoms with E-state index >= 15 is 0 Å². The predicted molar refractivity (Wildman–Crippen MR) is 53.8 cm³/mol. The zero-order valence-corrected chi connectivity index (χ0v) is 8.77. The molecule has 0 saturated heterocycles. The second-order valence-electron chi connectivity index (χ2n) is 4.34. The summed E-state index contributed by atoms with van der Waals surface area (Å²) < 4.78 is 0. The number of carbonyl (C=O) groups excluding carboxylic acids is 2. The summed E-state index contributed by atoms with van der Waals surface area (Å²) in [6, 6.07) is 0. The number of amides is 2. The minimum Gasteiger partial charge on any atom is -0.393 e. The highest BCUT2D eigenvalue weighted by atomic mass is 16.3. The fraction of sp³-hybridized carbons (Fsp3) is 0.636. The molecule has 2 rings (SSSR count). The van der Waals surface area contributed by atoms with Crippen molar-refractivity contribution in [2.24, 2.45) is 5.92 Å². The molecule has 1 saturated carbocycles. The Labute approximate surface area is 88.6 Å². The van der Waals surface area contributed by atoms with Crippen molar-refractivity contribution in [2.75, 3.05) is 6.54 Å². The summed E-state index contributed by atoms with van der Waals surface area (Å²) in [7, 11) is 0. The minimum absolute atomic E-state index is 0.0669. The monoisotopic (exact) mass is 209 g/mol. The number of rotatable bonds is 2. The Bertz CT molecular complexity index is 335. The minimum atomic E-state index is -0.355. The van der Waals surface area contributed by atoms with Crippen LogP contribution in [0.4, 0.5) is 0 Å². The third-order valence-corrected chi connectivity index (χ3v) is 3.22. The molecule has 1 N–H and O–H groups in total. The zero-order chi connectivity index (χ0) is 11.0. The molecule has 0 aromatic heterocycles. The number of imide groups is 1. The molecule has 1 heterocycles. The number of hydrogen-bond acceptors (Lipinski definition) is 3. The van der Waals surface area contributed by atoms with Crippen molar-refractivity contribution < 1.29 is 14.7 Å². The summed E-state index contributed by atoms with van der Waals surface area (Å²) in [4.78, 5) is 24.2. The lowest BCUT2D eigenvalue weighted by atomic mass is 10.1. The van der Waals surface area contributed by atoms with Crippen LogP contribution in [0.15, 0.2) is 11.6 Å². The third-order valence-electron chi connectivity index (χ3n) is 3.22. The van der Waals surface area contributed by atoms with Gasteiger partial charge in [0.05, 0.1) is 6.10 Å². The first kappa shape index (κ1) is 10.4. The molecule has 2 amide bonds. The summed E-state index contributed by atoms with van der Waals surface area (Å²) in [5, 5.41) is 9.62. The molecule has 2 unspecified atom stereocenters. The molecule has 0 aromatic rings. The number of hydrogen-bond donors (Lipinski definition) is 1. The number of carbonyl (C=O) groups is 2. The molecule has 1 aliphatic carbocycles. The van der Waals surface area contributed by atoms with Gasteiger partial charge >= 0.3 is 0 Å². The quantitative estimate of drug-likeness (QED) is 0.672. The first-order chi connectivity index (χ1) is 7.09. The van der Waals surface area contributed by atoms with Crippen molar-refractivity contribution in [3.8, 4) is 0 Å². The Hall–Kier alpha value is -1.16. The van der Waals surface area contributed by atoms with Gasteiger partial charge in [0.1, 0.15) is 0 Å². The van der Waals surface area contributed by atoms with Crippen molar-refractivity contribution in [2.45, 2.75) is 32.3 Å². The fourth-order valence-electron chi connectivity index (χ4n) is 2.28. The smallest absolute Gasteiger partial charge is 0.256 e. The molecule has 0 spiro atoms. The van der Waals surface area contributed by atoms with Crippen LogP contribution < -0.4 is 0 Å². The topological polar surface area (TPSA) is 57.6 Å². The Morgan fingerprint density at radius 2 is 2.20 bits per heavy atom. The summed E-state index contributed by atoms with van der Waals surface area (Å²) in [6.45, 7) is 2.01. The van der Waals surface area contributed by atoms with Gasteiger partial charge in [-0.25, -0.2) is 0 Å². The van der Waals surface area contributed by atoms with Crippen LogP contribution in [0.2, 0.25) is 0 Å². The van der Waals surface area contributed by atoms with Gasteiger partial charge in [-0.3, -0.25) is 14.5 Å². The van der Waals surface area contributed by atoms with E-state index in [0.29, 0.717) is 12.1 Å². The van der Waals surface area contributed by atoms with Crippen molar-refractivity contribution in [1.29, 1.82) is 0 Å². The lowest BCUT2D eigenvalue weighted by Crippen LogP contribution is -2.37. The van der Waals surface area contributed by atoms with Crippen molar-refractivity contribution in [3.05, 3.63) is 11.6 Å². The van der Waals surface area contributed by atoms with Gasteiger partial charge in [0.25, 0.3) is 11.8 Å². The van der Waals surface area contributed by atoms with Crippen LogP contribution in [0, 0.1) is 5.92 Å². The average molecular weight is 209 g/mol. The van der Waals surface area contributed by atoms with E-state index in [1.54, 1.807) is 6.92 Å². The molecule has 2 aliphatic rings. The molecule has 15 heavy (non-hydrogen) atoms. The molecule has 4 heteroatoms. The van der Waals surface area contributed by atoms with Gasteiger partial charge in [0.2, 0.25) is 0 Å². The highest BCUT2D eigenvalue weighted by Gasteiger charge is 2.34. The van der Waals surface area contributed by atoms with E-state index < -0.39 is 0 Å². The van der Waals surface area contributed by atoms with Crippen molar-refractivity contribution >= 4 is 11.8 Å². The molecule has 0 radical (unpaired) electrons. The second-order valence-corrected chi connectivity index (χ2v) is 4.34. The lowest BCUT2D eigenvalue weighted by Gasteiger charge is -2.21. The molecule has 1 aliphatic heterocycles. The normalized spacial score (nSPS) is 31.3. The van der Waals surface area contributed by atoms with Crippen LogP contribution >= 0.6 is 0 Å². The number of nitrogens with zero attached hydrogens (tertiary/aromatic N) is 1. The van der Waals surface area contributed by atoms with Crippen LogP contribution in [-0.4, -0.2) is 34.5 Å². The van der Waals surface area contributed by atoms with Gasteiger partial charge < -0.3 is 5.11 Å². The average Bonchev–Trinajstić information content (AvgIpc) is 2.67. The molecule has 0 aromatic carbocycles. The van der Waals surface area contributed by atoms with E-state index in [1.165, 1.54) is 11.0 Å². The maximum Gasteiger partial charge on any atom is 0.256 e. The standard InChI is InChI=1S/C11H15NO3/c1-7-5-10(14)12(11(7)15)6-8-3-2-4-9(8)13/h5,8-9,13H,2-4,6H2,1H3. The first-order valence-corrected chi connectivity index (χ1v) is 5.32. The molecule has 0 bridgehead atoms. The van der Waals surface area contributed by atoms with Gasteiger partial charge in [0, 0.05) is 24.1 Å². The highest BCUT2D eigenvalue weighted by Crippen LogP contribution is 2.27. The summed E-state index contributed by atoms with van der Waals surface area (Å²) in [6.07, 6.45) is 3.68. The van der Waals surface area contributed by atoms with E-state index in [9.17, 15) is 14.7 Å². The van der Waals surface area contributed by atoms with Crippen LogP contribution in [-0.2, 0) is 9.59 Å². The number of aliphatic hydroxyl groups excluding tert-OH is 1. The van der Waals surface area contributed by atoms with Gasteiger partial charge in [-0.2, -0.15) is 0 Å². The fourth-order valence-corrected chi connectivity index (χ4v) is 2.28. The van der Waals surface area contributed by atoms with E-state index in [-0.39, 0.29) is 23.8 Å². The SMILES string of the molecule is CC1=CC(=O)N(CC2CCCC2O)C1=O. The highest BCUT2D eigenvalue weighted by molar-refractivity contribution is 6.15. The van der Waals surface area contributed by atoms with Crippen molar-refractivity contribution in [1.82, 2.24) is 4.90 Å². The molecule has 1 fully saturated rings. The third kappa shape index (κ3) is 1.81. The molecular weight excluding hydrogens is 194 g/mol. The van der Waals surface area contributed by atoms with Crippen LogP contribution in [0.3, 0.4) is 0 Å². The van der Waals surface area contributed by atoms with Crippen molar-refractivity contribution in [3.63, 3.8) is 0 Å². The van der Waals surface area contributed by atoms with E-state index in [4.69, 9.17) is 0 Å². The largest absolute Gasteiger partial charge is 0.393 e. The van der Waals surface area contributed by atoms with Gasteiger partial charge in [-0.15, -0.1) is 0 Å². The predicted octanol–water partition coefficient (Wildman–Crippen LogP) is 0.462. The maximum atomic E-state index is 11.6. The maximum absolute atomic E-state index is 11.6. The Balaban J connectivity index is 2.01. The Morgan fingerprint density at radius 3 is 2.67 bits per heavy atom. The summed E-state index contributed by atoms with van der Waals surface area (Å²) in [5.74, 6) is -0.382. The second kappa shape index (κ2) is 3.77. The van der Waals surface area contributed by atoms with E-state index in [0.717, 1.165) is 19.3 Å². The molecule has 4 nitrogen and oxygen atoms in total. The molecular formula is C11H15NO3.